The van der Waals surface area contributed by atoms with Crippen LogP contribution in [0.4, 0.5) is 5.69 Å². The molecule has 0 aliphatic heterocycles. The molecule has 0 saturated carbocycles. The average Bonchev–Trinajstić information content (AvgIpc) is 2.57. The topological polar surface area (TPSA) is 82.8 Å². The monoisotopic (exact) mass is 363 g/mol. The van der Waals surface area contributed by atoms with Gasteiger partial charge in [-0.15, -0.1) is 0 Å². The molecule has 0 aliphatic rings. The SMILES string of the molecule is CCN(CC)C[C@H](C(=O)Nc1c(C)cccc1C)/C(C)=N\NC(N)=S. The van der Waals surface area contributed by atoms with Crippen molar-refractivity contribution in [2.45, 2.75) is 34.6 Å². The van der Waals surface area contributed by atoms with E-state index < -0.39 is 5.92 Å². The molecule has 0 bridgehead atoms. The van der Waals surface area contributed by atoms with E-state index in [2.05, 4.69) is 34.6 Å². The van der Waals surface area contributed by atoms with Crippen LogP contribution in [-0.2, 0) is 4.79 Å². The number of hydrazone groups is 1. The zero-order valence-corrected chi connectivity index (χ0v) is 16.5. The van der Waals surface area contributed by atoms with Gasteiger partial charge in [0, 0.05) is 17.9 Å². The van der Waals surface area contributed by atoms with E-state index in [1.807, 2.05) is 39.0 Å². The van der Waals surface area contributed by atoms with E-state index in [1.165, 1.54) is 0 Å². The molecule has 1 amide bonds. The molecule has 25 heavy (non-hydrogen) atoms. The number of anilines is 1. The molecule has 0 aliphatic carbocycles. The summed E-state index contributed by atoms with van der Waals surface area (Å²) >= 11 is 4.79. The molecule has 0 radical (unpaired) electrons. The van der Waals surface area contributed by atoms with Gasteiger partial charge in [0.1, 0.15) is 0 Å². The van der Waals surface area contributed by atoms with Crippen LogP contribution in [-0.4, -0.2) is 41.3 Å². The minimum Gasteiger partial charge on any atom is -0.375 e. The Bertz CT molecular complexity index is 620. The van der Waals surface area contributed by atoms with Crippen LogP contribution in [0.5, 0.6) is 0 Å². The number of hydrogen-bond acceptors (Lipinski definition) is 4. The van der Waals surface area contributed by atoms with Gasteiger partial charge in [-0.3, -0.25) is 10.2 Å². The van der Waals surface area contributed by atoms with Gasteiger partial charge >= 0.3 is 0 Å². The predicted molar refractivity (Wildman–Crippen MR) is 109 cm³/mol. The van der Waals surface area contributed by atoms with Crippen LogP contribution in [0.2, 0.25) is 0 Å². The van der Waals surface area contributed by atoms with E-state index >= 15 is 0 Å². The third kappa shape index (κ3) is 6.43. The highest BCUT2D eigenvalue weighted by atomic mass is 32.1. The second-order valence-corrected chi connectivity index (χ2v) is 6.46. The lowest BCUT2D eigenvalue weighted by atomic mass is 10.0. The number of para-hydroxylation sites is 1. The molecule has 4 N–H and O–H groups in total. The minimum atomic E-state index is -0.402. The average molecular weight is 364 g/mol. The van der Waals surface area contributed by atoms with Crippen molar-refractivity contribution in [1.82, 2.24) is 10.3 Å². The van der Waals surface area contributed by atoms with Gasteiger partial charge in [-0.2, -0.15) is 5.10 Å². The summed E-state index contributed by atoms with van der Waals surface area (Å²) < 4.78 is 0. The van der Waals surface area contributed by atoms with Gasteiger partial charge in [0.05, 0.1) is 5.92 Å². The Morgan fingerprint density at radius 1 is 1.28 bits per heavy atom. The fraction of sp³-hybridized carbons (Fsp3) is 0.500. The van der Waals surface area contributed by atoms with Crippen molar-refractivity contribution >= 4 is 34.6 Å². The minimum absolute atomic E-state index is 0.0797. The standard InChI is InChI=1S/C18H29N5OS/c1-6-23(7-2)11-15(14(5)21-22-18(19)25)17(24)20-16-12(3)9-8-10-13(16)4/h8-10,15H,6-7,11H2,1-5H3,(H,20,24)(H3,19,22,25)/b21-14-/t15-/m0/s1. The lowest BCUT2D eigenvalue weighted by molar-refractivity contribution is -0.118. The summed E-state index contributed by atoms with van der Waals surface area (Å²) in [6.45, 7) is 12.2. The Balaban J connectivity index is 3.06. The zero-order valence-electron chi connectivity index (χ0n) is 15.7. The summed E-state index contributed by atoms with van der Waals surface area (Å²) in [5.41, 5.74) is 11.6. The van der Waals surface area contributed by atoms with Crippen LogP contribution in [0.3, 0.4) is 0 Å². The van der Waals surface area contributed by atoms with E-state index in [9.17, 15) is 4.79 Å². The summed E-state index contributed by atoms with van der Waals surface area (Å²) in [5.74, 6) is -0.490. The molecule has 7 heteroatoms. The van der Waals surface area contributed by atoms with Gasteiger partial charge in [0.25, 0.3) is 0 Å². The van der Waals surface area contributed by atoms with Gasteiger partial charge in [-0.05, 0) is 57.2 Å². The van der Waals surface area contributed by atoms with Crippen LogP contribution < -0.4 is 16.5 Å². The number of benzene rings is 1. The molecule has 138 valence electrons. The van der Waals surface area contributed by atoms with Crippen molar-refractivity contribution in [3.05, 3.63) is 29.3 Å². The number of carbonyl (C=O) groups is 1. The maximum Gasteiger partial charge on any atom is 0.234 e. The largest absolute Gasteiger partial charge is 0.375 e. The molecular formula is C18H29N5OS. The molecule has 0 fully saturated rings. The van der Waals surface area contributed by atoms with Crippen molar-refractivity contribution in [3.8, 4) is 0 Å². The number of nitrogens with two attached hydrogens (primary N) is 1. The van der Waals surface area contributed by atoms with E-state index in [4.69, 9.17) is 18.0 Å². The maximum absolute atomic E-state index is 13.0. The second kappa shape index (κ2) is 10.1. The molecule has 1 rings (SSSR count). The van der Waals surface area contributed by atoms with Gasteiger partial charge in [0.2, 0.25) is 5.91 Å². The quantitative estimate of drug-likeness (QED) is 0.375. The fourth-order valence-corrected chi connectivity index (χ4v) is 2.63. The first kappa shape index (κ1) is 21.1. The third-order valence-electron chi connectivity index (χ3n) is 4.23. The van der Waals surface area contributed by atoms with Gasteiger partial charge in [-0.25, -0.2) is 0 Å². The molecule has 0 aromatic heterocycles. The third-order valence-corrected chi connectivity index (χ3v) is 4.32. The van der Waals surface area contributed by atoms with Gasteiger partial charge in [0.15, 0.2) is 5.11 Å². The highest BCUT2D eigenvalue weighted by molar-refractivity contribution is 7.80. The lowest BCUT2D eigenvalue weighted by Gasteiger charge is -2.25. The Morgan fingerprint density at radius 3 is 2.32 bits per heavy atom. The van der Waals surface area contributed by atoms with Crippen molar-refractivity contribution < 1.29 is 4.79 Å². The zero-order chi connectivity index (χ0) is 19.0. The molecule has 1 aromatic carbocycles. The molecule has 6 nitrogen and oxygen atoms in total. The first-order valence-electron chi connectivity index (χ1n) is 8.49. The van der Waals surface area contributed by atoms with E-state index in [-0.39, 0.29) is 11.0 Å². The van der Waals surface area contributed by atoms with Crippen molar-refractivity contribution in [1.29, 1.82) is 0 Å². The summed E-state index contributed by atoms with van der Waals surface area (Å²) in [7, 11) is 0. The highest BCUT2D eigenvalue weighted by Gasteiger charge is 2.25. The number of rotatable bonds is 8. The molecule has 1 aromatic rings. The second-order valence-electron chi connectivity index (χ2n) is 6.02. The van der Waals surface area contributed by atoms with E-state index in [0.29, 0.717) is 12.3 Å². The Labute approximate surface area is 155 Å². The number of hydrogen-bond donors (Lipinski definition) is 3. The summed E-state index contributed by atoms with van der Waals surface area (Å²) in [6, 6.07) is 5.95. The van der Waals surface area contributed by atoms with Crippen LogP contribution in [0.1, 0.15) is 31.9 Å². The summed E-state index contributed by atoms with van der Waals surface area (Å²) in [4.78, 5) is 15.1. The van der Waals surface area contributed by atoms with Gasteiger partial charge < -0.3 is 16.0 Å². The number of thiocarbonyl (C=S) groups is 1. The summed E-state index contributed by atoms with van der Waals surface area (Å²) in [5, 5.41) is 7.31. The smallest absolute Gasteiger partial charge is 0.234 e. The van der Waals surface area contributed by atoms with Crippen LogP contribution in [0.25, 0.3) is 0 Å². The molecule has 1 atom stereocenters. The molecule has 0 heterocycles. The van der Waals surface area contributed by atoms with Crippen molar-refractivity contribution in [2.24, 2.45) is 16.8 Å². The van der Waals surface area contributed by atoms with Crippen LogP contribution in [0, 0.1) is 19.8 Å². The predicted octanol–water partition coefficient (Wildman–Crippen LogP) is 2.41. The van der Waals surface area contributed by atoms with Crippen molar-refractivity contribution in [3.63, 3.8) is 0 Å². The van der Waals surface area contributed by atoms with E-state index in [0.717, 1.165) is 29.9 Å². The number of carbonyl (C=O) groups excluding carboxylic acids is 1. The molecule has 0 spiro atoms. The number of amides is 1. The first-order chi connectivity index (χ1) is 11.8. The molecular weight excluding hydrogens is 334 g/mol. The van der Waals surface area contributed by atoms with Crippen molar-refractivity contribution in [2.75, 3.05) is 25.0 Å². The Morgan fingerprint density at radius 2 is 1.84 bits per heavy atom. The lowest BCUT2D eigenvalue weighted by Crippen LogP contribution is -2.40. The summed E-state index contributed by atoms with van der Waals surface area (Å²) in [6.07, 6.45) is 0. The number of nitrogens with one attached hydrogen (secondary N) is 2. The Kier molecular flexibility index (Phi) is 8.51. The number of nitrogens with zero attached hydrogens (tertiary/aromatic N) is 2. The van der Waals surface area contributed by atoms with Crippen LogP contribution >= 0.6 is 12.2 Å². The fourth-order valence-electron chi connectivity index (χ4n) is 2.59. The maximum atomic E-state index is 13.0. The first-order valence-corrected chi connectivity index (χ1v) is 8.89. The van der Waals surface area contributed by atoms with Gasteiger partial charge in [-0.1, -0.05) is 32.0 Å². The highest BCUT2D eigenvalue weighted by Crippen LogP contribution is 2.20. The number of aryl methyl sites for hydroxylation is 2. The van der Waals surface area contributed by atoms with E-state index in [1.54, 1.807) is 0 Å². The van der Waals surface area contributed by atoms with Crippen LogP contribution in [0.15, 0.2) is 23.3 Å². The Hall–Kier alpha value is -1.99. The molecule has 0 unspecified atom stereocenters. The normalized spacial score (nSPS) is 12.8. The molecule has 0 saturated heterocycles.